The monoisotopic (exact) mass is 615 g/mol. The minimum Gasteiger partial charge on any atom is -0.481 e. The van der Waals surface area contributed by atoms with Crippen molar-refractivity contribution in [3.05, 3.63) is 0 Å². The lowest BCUT2D eigenvalue weighted by Gasteiger charge is -2.28. The molecule has 0 aliphatic heterocycles. The molecular weight excluding hydrogens is 570 g/mol. The summed E-state index contributed by atoms with van der Waals surface area (Å²) in [4.78, 5) is 81.8. The number of nitrogens with one attached hydrogen (secondary N) is 4. The zero-order valence-corrected chi connectivity index (χ0v) is 24.4. The Morgan fingerprint density at radius 3 is 1.60 bits per heavy atom. The van der Waals surface area contributed by atoms with Crippen LogP contribution in [0.2, 0.25) is 0 Å². The van der Waals surface area contributed by atoms with Crippen LogP contribution in [0, 0.1) is 5.92 Å². The van der Waals surface area contributed by atoms with Gasteiger partial charge in [0, 0.05) is 13.1 Å². The number of nitrogens with zero attached hydrogens (tertiary/aromatic N) is 2. The van der Waals surface area contributed by atoms with Gasteiger partial charge in [0.25, 0.3) is 0 Å². The average molecular weight is 616 g/mol. The molecule has 0 aliphatic rings. The number of amides is 4. The number of nitrogens with two attached hydrogens (primary N) is 5. The zero-order valence-electron chi connectivity index (χ0n) is 24.4. The number of aliphatic imine (C=N–C) groups is 2. The van der Waals surface area contributed by atoms with Gasteiger partial charge in [0.05, 0.1) is 13.0 Å². The number of carbonyl (C=O) groups is 6. The third-order valence-corrected chi connectivity index (χ3v) is 6.15. The summed E-state index contributed by atoms with van der Waals surface area (Å²) >= 11 is 0. The molecule has 0 rings (SSSR count). The first kappa shape index (κ1) is 38.3. The van der Waals surface area contributed by atoms with Crippen LogP contribution in [0.5, 0.6) is 0 Å². The number of aliphatic carboxylic acids is 2. The van der Waals surface area contributed by atoms with Gasteiger partial charge < -0.3 is 60.1 Å². The molecule has 0 aromatic heterocycles. The molecule has 4 amide bonds. The van der Waals surface area contributed by atoms with E-state index in [1.165, 1.54) is 0 Å². The molecule has 5 atom stereocenters. The van der Waals surface area contributed by atoms with Gasteiger partial charge in [-0.25, -0.2) is 4.79 Å². The van der Waals surface area contributed by atoms with E-state index >= 15 is 0 Å². The van der Waals surface area contributed by atoms with Crippen molar-refractivity contribution in [1.82, 2.24) is 21.3 Å². The van der Waals surface area contributed by atoms with Crippen LogP contribution in [-0.4, -0.2) is 102 Å². The molecule has 0 aromatic carbocycles. The molecule has 0 spiro atoms. The molecule has 244 valence electrons. The zero-order chi connectivity index (χ0) is 33.1. The van der Waals surface area contributed by atoms with Crippen molar-refractivity contribution in [2.75, 3.05) is 19.6 Å². The molecule has 0 heterocycles. The van der Waals surface area contributed by atoms with Crippen molar-refractivity contribution in [2.24, 2.45) is 44.6 Å². The summed E-state index contributed by atoms with van der Waals surface area (Å²) in [5.41, 5.74) is 26.7. The molecule has 0 unspecified atom stereocenters. The fraction of sp³-hybridized carbons (Fsp3) is 0.667. The number of rotatable bonds is 21. The summed E-state index contributed by atoms with van der Waals surface area (Å²) < 4.78 is 0. The first-order valence-electron chi connectivity index (χ1n) is 13.6. The summed E-state index contributed by atoms with van der Waals surface area (Å²) in [5.74, 6) is -6.95. The summed E-state index contributed by atoms with van der Waals surface area (Å²) in [7, 11) is 0. The molecule has 0 saturated carbocycles. The summed E-state index contributed by atoms with van der Waals surface area (Å²) in [6.45, 7) is 3.23. The van der Waals surface area contributed by atoms with E-state index in [4.69, 9.17) is 33.8 Å². The molecule has 0 aliphatic carbocycles. The molecule has 0 fully saturated rings. The van der Waals surface area contributed by atoms with Gasteiger partial charge >= 0.3 is 11.9 Å². The minimum absolute atomic E-state index is 0.00548. The summed E-state index contributed by atoms with van der Waals surface area (Å²) in [6.07, 6.45) is 0.102. The van der Waals surface area contributed by atoms with Crippen LogP contribution in [0.3, 0.4) is 0 Å². The number of hydrogen-bond donors (Lipinski definition) is 11. The van der Waals surface area contributed by atoms with E-state index in [9.17, 15) is 33.9 Å². The van der Waals surface area contributed by atoms with Crippen LogP contribution in [0.25, 0.3) is 0 Å². The van der Waals surface area contributed by atoms with Crippen molar-refractivity contribution in [3.8, 4) is 0 Å². The maximum atomic E-state index is 13.4. The fourth-order valence-electron chi connectivity index (χ4n) is 3.66. The molecule has 0 aromatic rings. The van der Waals surface area contributed by atoms with Crippen LogP contribution < -0.4 is 49.9 Å². The van der Waals surface area contributed by atoms with Gasteiger partial charge in [-0.2, -0.15) is 0 Å². The third kappa shape index (κ3) is 16.4. The first-order chi connectivity index (χ1) is 20.1. The normalized spacial score (nSPS) is 14.0. The van der Waals surface area contributed by atoms with Crippen molar-refractivity contribution in [3.63, 3.8) is 0 Å². The van der Waals surface area contributed by atoms with Gasteiger partial charge in [-0.3, -0.25) is 34.0 Å². The molecule has 43 heavy (non-hydrogen) atoms. The Hall–Kier alpha value is -4.68. The maximum Gasteiger partial charge on any atom is 0.326 e. The number of carbonyl (C=O) groups excluding carboxylic acids is 4. The van der Waals surface area contributed by atoms with Gasteiger partial charge in [-0.15, -0.1) is 0 Å². The molecular formula is C24H45N11O8. The second-order valence-corrected chi connectivity index (χ2v) is 9.65. The second kappa shape index (κ2) is 20.2. The Labute approximate surface area is 248 Å². The lowest BCUT2D eigenvalue weighted by atomic mass is 9.97. The van der Waals surface area contributed by atoms with Gasteiger partial charge in [0.15, 0.2) is 11.9 Å². The van der Waals surface area contributed by atoms with Crippen LogP contribution >= 0.6 is 0 Å². The highest BCUT2D eigenvalue weighted by Crippen LogP contribution is 2.11. The Balaban J connectivity index is 6.01. The fourth-order valence-corrected chi connectivity index (χ4v) is 3.66. The topological polar surface area (TPSA) is 346 Å². The standard InChI is InChI=1S/C24H45N11O8/c1-3-12(2)18(21(41)34-15(22(42)43)10-17(37)38)35-20(40)14(7-5-9-31-24(28)29)33-19(39)13(32-16(36)11-25)6-4-8-30-23(26)27/h12-15,18H,3-11,25H2,1-2H3,(H,32,36)(H,33,39)(H,34,41)(H,35,40)(H,37,38)(H,42,43)(H4,26,27,30)(H4,28,29,31)/t12-,13-,14-,15-,18-/m0/s1. The van der Waals surface area contributed by atoms with E-state index in [2.05, 4.69) is 31.3 Å². The largest absolute Gasteiger partial charge is 0.481 e. The van der Waals surface area contributed by atoms with E-state index in [0.29, 0.717) is 12.8 Å². The highest BCUT2D eigenvalue weighted by molar-refractivity contribution is 5.95. The first-order valence-corrected chi connectivity index (χ1v) is 13.6. The Morgan fingerprint density at radius 2 is 1.19 bits per heavy atom. The van der Waals surface area contributed by atoms with Crippen LogP contribution in [0.4, 0.5) is 0 Å². The van der Waals surface area contributed by atoms with Crippen molar-refractivity contribution in [1.29, 1.82) is 0 Å². The van der Waals surface area contributed by atoms with Crippen LogP contribution in [0.15, 0.2) is 9.98 Å². The smallest absolute Gasteiger partial charge is 0.326 e. The van der Waals surface area contributed by atoms with Crippen LogP contribution in [0.1, 0.15) is 52.4 Å². The maximum absolute atomic E-state index is 13.4. The molecule has 19 nitrogen and oxygen atoms in total. The quantitative estimate of drug-likeness (QED) is 0.0330. The highest BCUT2D eigenvalue weighted by Gasteiger charge is 2.33. The SMILES string of the molecule is CC[C@H](C)[C@H](NC(=O)[C@H](CCCN=C(N)N)NC(=O)[C@H](CCCN=C(N)N)NC(=O)CN)C(=O)N[C@@H](CC(=O)O)C(=O)O. The predicted molar refractivity (Wildman–Crippen MR) is 156 cm³/mol. The highest BCUT2D eigenvalue weighted by atomic mass is 16.4. The van der Waals surface area contributed by atoms with E-state index in [1.54, 1.807) is 13.8 Å². The second-order valence-electron chi connectivity index (χ2n) is 9.65. The average Bonchev–Trinajstić information content (AvgIpc) is 2.92. The molecule has 0 saturated heterocycles. The summed E-state index contributed by atoms with van der Waals surface area (Å²) in [6, 6.07) is -5.38. The summed E-state index contributed by atoms with van der Waals surface area (Å²) in [5, 5.41) is 28.0. The van der Waals surface area contributed by atoms with Gasteiger partial charge in [0.1, 0.15) is 24.2 Å². The number of hydrogen-bond acceptors (Lipinski definition) is 9. The Kier molecular flexibility index (Phi) is 18.0. The third-order valence-electron chi connectivity index (χ3n) is 6.15. The number of carboxylic acid groups (broad SMARTS) is 2. The van der Waals surface area contributed by atoms with Gasteiger partial charge in [0.2, 0.25) is 23.6 Å². The number of guanidine groups is 2. The van der Waals surface area contributed by atoms with Crippen molar-refractivity contribution < 1.29 is 39.0 Å². The molecule has 0 radical (unpaired) electrons. The van der Waals surface area contributed by atoms with Gasteiger partial charge in [-0.05, 0) is 31.6 Å². The molecule has 16 N–H and O–H groups in total. The van der Waals surface area contributed by atoms with Crippen LogP contribution in [-0.2, 0) is 28.8 Å². The lowest BCUT2D eigenvalue weighted by Crippen LogP contribution is -2.59. The Morgan fingerprint density at radius 1 is 0.721 bits per heavy atom. The van der Waals surface area contributed by atoms with E-state index in [0.717, 1.165) is 0 Å². The van der Waals surface area contributed by atoms with E-state index < -0.39 is 78.6 Å². The number of carboxylic acids is 2. The van der Waals surface area contributed by atoms with Crippen molar-refractivity contribution >= 4 is 47.5 Å². The molecule has 19 heteroatoms. The van der Waals surface area contributed by atoms with Gasteiger partial charge in [-0.1, -0.05) is 20.3 Å². The minimum atomic E-state index is -1.74. The Bertz CT molecular complexity index is 1030. The van der Waals surface area contributed by atoms with E-state index in [-0.39, 0.29) is 44.3 Å². The predicted octanol–water partition coefficient (Wildman–Crippen LogP) is -4.40. The molecule has 0 bridgehead atoms. The van der Waals surface area contributed by atoms with E-state index in [1.807, 2.05) is 0 Å². The lowest BCUT2D eigenvalue weighted by molar-refractivity contribution is -0.147. The van der Waals surface area contributed by atoms with Crippen molar-refractivity contribution in [2.45, 2.75) is 76.5 Å².